The van der Waals surface area contributed by atoms with Gasteiger partial charge in [0.25, 0.3) is 0 Å². The standard InChI is InChI=1S/C22H20FNO6S/c1-3-5-11-31(27,28)24-17-13-18-16(12-19(17)29-10-4-2)20(22(25)26)21(30-18)14-6-8-15(23)9-7-14/h3-4,6-9,12-13,24H,1-2,5,10-11H2,(H,25,26). The SMILES string of the molecule is C=CCCS(=O)(=O)Nc1cc2oc(-c3ccc(F)cc3)c(C(=O)O)c2cc1OCC=C. The Morgan fingerprint density at radius 1 is 1.19 bits per heavy atom. The van der Waals surface area contributed by atoms with Gasteiger partial charge < -0.3 is 14.3 Å². The number of rotatable bonds is 10. The van der Waals surface area contributed by atoms with Crippen LogP contribution in [-0.4, -0.2) is 31.9 Å². The van der Waals surface area contributed by atoms with E-state index in [1.807, 2.05) is 0 Å². The number of carboxylic acid groups (broad SMARTS) is 1. The minimum atomic E-state index is -3.72. The molecule has 1 aromatic heterocycles. The van der Waals surface area contributed by atoms with Crippen LogP contribution in [0.25, 0.3) is 22.3 Å². The van der Waals surface area contributed by atoms with Gasteiger partial charge in [-0.1, -0.05) is 18.7 Å². The highest BCUT2D eigenvalue weighted by molar-refractivity contribution is 7.92. The predicted octanol–water partition coefficient (Wildman–Crippen LogP) is 4.82. The van der Waals surface area contributed by atoms with Gasteiger partial charge in [0.2, 0.25) is 10.0 Å². The molecule has 31 heavy (non-hydrogen) atoms. The fourth-order valence-corrected chi connectivity index (χ4v) is 4.02. The van der Waals surface area contributed by atoms with Gasteiger partial charge in [0.15, 0.2) is 0 Å². The van der Waals surface area contributed by atoms with Gasteiger partial charge in [-0.25, -0.2) is 17.6 Å². The Morgan fingerprint density at radius 2 is 1.90 bits per heavy atom. The smallest absolute Gasteiger partial charge is 0.340 e. The lowest BCUT2D eigenvalue weighted by molar-refractivity contribution is 0.0699. The summed E-state index contributed by atoms with van der Waals surface area (Å²) in [6.07, 6.45) is 3.20. The minimum absolute atomic E-state index is 0.0174. The number of furan rings is 1. The zero-order chi connectivity index (χ0) is 22.6. The summed E-state index contributed by atoms with van der Waals surface area (Å²) >= 11 is 0. The highest BCUT2D eigenvalue weighted by Crippen LogP contribution is 2.39. The molecule has 0 saturated carbocycles. The van der Waals surface area contributed by atoms with Crippen LogP contribution in [0.5, 0.6) is 5.75 Å². The summed E-state index contributed by atoms with van der Waals surface area (Å²) in [5.74, 6) is -1.79. The molecular weight excluding hydrogens is 425 g/mol. The molecular formula is C22H20FNO6S. The molecule has 0 aliphatic rings. The highest BCUT2D eigenvalue weighted by atomic mass is 32.2. The quantitative estimate of drug-likeness (QED) is 0.434. The Balaban J connectivity index is 2.19. The van der Waals surface area contributed by atoms with Crippen molar-refractivity contribution in [3.05, 3.63) is 73.1 Å². The topological polar surface area (TPSA) is 106 Å². The van der Waals surface area contributed by atoms with Gasteiger partial charge in [-0.05, 0) is 36.8 Å². The van der Waals surface area contributed by atoms with Crippen molar-refractivity contribution in [2.75, 3.05) is 17.1 Å². The van der Waals surface area contributed by atoms with Crippen LogP contribution < -0.4 is 9.46 Å². The Labute approximate surface area is 178 Å². The largest absolute Gasteiger partial charge is 0.487 e. The van der Waals surface area contributed by atoms with Crippen molar-refractivity contribution in [2.24, 2.45) is 0 Å². The van der Waals surface area contributed by atoms with Gasteiger partial charge in [0, 0.05) is 17.0 Å². The lowest BCUT2D eigenvalue weighted by Gasteiger charge is -2.13. The monoisotopic (exact) mass is 445 g/mol. The van der Waals surface area contributed by atoms with Crippen molar-refractivity contribution < 1.29 is 31.9 Å². The summed E-state index contributed by atoms with van der Waals surface area (Å²) in [6, 6.07) is 7.92. The molecule has 0 amide bonds. The highest BCUT2D eigenvalue weighted by Gasteiger charge is 2.24. The molecule has 0 saturated heterocycles. The predicted molar refractivity (Wildman–Crippen MR) is 116 cm³/mol. The third-order valence-electron chi connectivity index (χ3n) is 4.32. The van der Waals surface area contributed by atoms with Crippen LogP contribution in [0, 0.1) is 5.82 Å². The Hall–Kier alpha value is -3.59. The van der Waals surface area contributed by atoms with Gasteiger partial charge in [-0.3, -0.25) is 4.72 Å². The summed E-state index contributed by atoms with van der Waals surface area (Å²) in [5.41, 5.74) is 0.432. The Kier molecular flexibility index (Phi) is 6.45. The van der Waals surface area contributed by atoms with Crippen LogP contribution in [0.4, 0.5) is 10.1 Å². The average molecular weight is 445 g/mol. The molecule has 0 spiro atoms. The number of fused-ring (bicyclic) bond motifs is 1. The summed E-state index contributed by atoms with van der Waals surface area (Å²) in [4.78, 5) is 12.0. The van der Waals surface area contributed by atoms with Crippen LogP contribution in [-0.2, 0) is 10.0 Å². The number of carbonyl (C=O) groups is 1. The van der Waals surface area contributed by atoms with E-state index in [1.165, 1.54) is 48.6 Å². The molecule has 0 radical (unpaired) electrons. The molecule has 0 aliphatic carbocycles. The van der Waals surface area contributed by atoms with Crippen molar-refractivity contribution in [3.8, 4) is 17.1 Å². The Bertz CT molecular complexity index is 1250. The van der Waals surface area contributed by atoms with Gasteiger partial charge in [0.1, 0.15) is 35.1 Å². The number of nitrogens with one attached hydrogen (secondary N) is 1. The van der Waals surface area contributed by atoms with Gasteiger partial charge >= 0.3 is 5.97 Å². The van der Waals surface area contributed by atoms with Crippen LogP contribution in [0.2, 0.25) is 0 Å². The second-order valence-corrected chi connectivity index (χ2v) is 8.40. The molecule has 0 bridgehead atoms. The zero-order valence-corrected chi connectivity index (χ0v) is 17.2. The van der Waals surface area contributed by atoms with Crippen molar-refractivity contribution in [2.45, 2.75) is 6.42 Å². The molecule has 2 aromatic carbocycles. The molecule has 1 heterocycles. The maximum Gasteiger partial charge on any atom is 0.340 e. The summed E-state index contributed by atoms with van der Waals surface area (Å²) in [7, 11) is -3.72. The second-order valence-electron chi connectivity index (χ2n) is 6.56. The number of benzene rings is 2. The first-order chi connectivity index (χ1) is 14.8. The van der Waals surface area contributed by atoms with E-state index in [4.69, 9.17) is 9.15 Å². The van der Waals surface area contributed by atoms with Gasteiger partial charge in [0.05, 0.1) is 11.4 Å². The molecule has 3 rings (SSSR count). The summed E-state index contributed by atoms with van der Waals surface area (Å²) in [6.45, 7) is 7.14. The van der Waals surface area contributed by atoms with E-state index in [0.29, 0.717) is 5.56 Å². The average Bonchev–Trinajstić information content (AvgIpc) is 3.09. The second kappa shape index (κ2) is 9.05. The van der Waals surface area contributed by atoms with Crippen LogP contribution in [0.15, 0.2) is 66.1 Å². The molecule has 9 heteroatoms. The van der Waals surface area contributed by atoms with E-state index >= 15 is 0 Å². The van der Waals surface area contributed by atoms with Crippen LogP contribution in [0.3, 0.4) is 0 Å². The number of allylic oxidation sites excluding steroid dienone is 1. The number of sulfonamides is 1. The number of carboxylic acids is 1. The molecule has 2 N–H and O–H groups in total. The van der Waals surface area contributed by atoms with E-state index in [-0.39, 0.29) is 52.5 Å². The normalized spacial score (nSPS) is 11.3. The first-order valence-corrected chi connectivity index (χ1v) is 10.9. The van der Waals surface area contributed by atoms with E-state index in [2.05, 4.69) is 17.9 Å². The molecule has 0 atom stereocenters. The molecule has 0 fully saturated rings. The molecule has 0 unspecified atom stereocenters. The summed E-state index contributed by atoms with van der Waals surface area (Å²) in [5, 5.41) is 9.98. The minimum Gasteiger partial charge on any atom is -0.487 e. The first-order valence-electron chi connectivity index (χ1n) is 9.20. The molecule has 3 aromatic rings. The van der Waals surface area contributed by atoms with Crippen LogP contribution >= 0.6 is 0 Å². The number of halogens is 1. The maximum absolute atomic E-state index is 13.3. The fraction of sp³-hybridized carbons (Fsp3) is 0.136. The lowest BCUT2D eigenvalue weighted by Crippen LogP contribution is -2.17. The third-order valence-corrected chi connectivity index (χ3v) is 5.63. The van der Waals surface area contributed by atoms with E-state index < -0.39 is 21.8 Å². The van der Waals surface area contributed by atoms with Crippen molar-refractivity contribution >= 4 is 32.6 Å². The van der Waals surface area contributed by atoms with Gasteiger partial charge in [-0.15, -0.1) is 6.58 Å². The van der Waals surface area contributed by atoms with Crippen molar-refractivity contribution in [1.82, 2.24) is 0 Å². The molecule has 162 valence electrons. The van der Waals surface area contributed by atoms with E-state index in [0.717, 1.165) is 0 Å². The number of hydrogen-bond donors (Lipinski definition) is 2. The fourth-order valence-electron chi connectivity index (χ4n) is 2.94. The lowest BCUT2D eigenvalue weighted by atomic mass is 10.1. The summed E-state index contributed by atoms with van der Waals surface area (Å²) < 4.78 is 51.8. The number of aromatic carboxylic acids is 1. The van der Waals surface area contributed by atoms with E-state index in [1.54, 1.807) is 0 Å². The van der Waals surface area contributed by atoms with Gasteiger partial charge in [-0.2, -0.15) is 0 Å². The Morgan fingerprint density at radius 3 is 2.52 bits per heavy atom. The number of ether oxygens (including phenoxy) is 1. The van der Waals surface area contributed by atoms with Crippen LogP contribution in [0.1, 0.15) is 16.8 Å². The van der Waals surface area contributed by atoms with Crippen molar-refractivity contribution in [1.29, 1.82) is 0 Å². The first kappa shape index (κ1) is 22.1. The molecule has 7 nitrogen and oxygen atoms in total. The zero-order valence-electron chi connectivity index (χ0n) is 16.4. The third kappa shape index (κ3) is 4.95. The van der Waals surface area contributed by atoms with E-state index in [9.17, 15) is 22.7 Å². The number of anilines is 1. The maximum atomic E-state index is 13.3. The molecule has 0 aliphatic heterocycles. The van der Waals surface area contributed by atoms with Crippen molar-refractivity contribution in [3.63, 3.8) is 0 Å². The number of hydrogen-bond acceptors (Lipinski definition) is 5.